The number of nitrogens with one attached hydrogen (secondary N) is 1. The Morgan fingerprint density at radius 3 is 2.54 bits per heavy atom. The molecular weight excluding hydrogens is 518 g/mol. The second-order valence-corrected chi connectivity index (χ2v) is 9.81. The van der Waals surface area contributed by atoms with Crippen molar-refractivity contribution >= 4 is 55.5 Å². The van der Waals surface area contributed by atoms with Gasteiger partial charge in [-0.15, -0.1) is 10.2 Å². The lowest BCUT2D eigenvalue weighted by Gasteiger charge is -2.12. The molecule has 0 bridgehead atoms. The van der Waals surface area contributed by atoms with Crippen LogP contribution in [0.1, 0.15) is 22.8 Å². The molecule has 0 aliphatic heterocycles. The van der Waals surface area contributed by atoms with Crippen LogP contribution in [-0.4, -0.2) is 30.6 Å². The van der Waals surface area contributed by atoms with Crippen molar-refractivity contribution in [3.8, 4) is 11.5 Å². The van der Waals surface area contributed by atoms with Gasteiger partial charge in [-0.1, -0.05) is 41.9 Å². The molecule has 0 heterocycles. The van der Waals surface area contributed by atoms with Crippen LogP contribution in [0.5, 0.6) is 11.5 Å². The van der Waals surface area contributed by atoms with E-state index in [2.05, 4.69) is 15.5 Å². The first-order chi connectivity index (χ1) is 17.6. The minimum Gasteiger partial charge on any atom is -0.505 e. The summed E-state index contributed by atoms with van der Waals surface area (Å²) < 4.78 is 38.1. The van der Waals surface area contributed by atoms with Crippen molar-refractivity contribution < 1.29 is 27.6 Å². The van der Waals surface area contributed by atoms with Crippen LogP contribution >= 0.6 is 11.6 Å². The Bertz CT molecular complexity index is 1650. The number of amides is 1. The van der Waals surface area contributed by atoms with E-state index in [0.717, 1.165) is 6.07 Å². The summed E-state index contributed by atoms with van der Waals surface area (Å²) in [6.45, 7) is 3.87. The molecule has 0 saturated heterocycles. The van der Waals surface area contributed by atoms with Crippen molar-refractivity contribution in [2.24, 2.45) is 10.2 Å². The first kappa shape index (κ1) is 26.1. The zero-order valence-electron chi connectivity index (χ0n) is 19.8. The number of hydrogen-bond donors (Lipinski definition) is 3. The number of hydrogen-bond acceptors (Lipinski definition) is 7. The van der Waals surface area contributed by atoms with Crippen molar-refractivity contribution in [3.63, 3.8) is 0 Å². The summed E-state index contributed by atoms with van der Waals surface area (Å²) in [5.74, 6) is -0.438. The lowest BCUT2D eigenvalue weighted by molar-refractivity contribution is 0.102. The molecule has 0 atom stereocenters. The van der Waals surface area contributed by atoms with Gasteiger partial charge in [-0.25, -0.2) is 0 Å². The van der Waals surface area contributed by atoms with Crippen LogP contribution in [0, 0.1) is 6.92 Å². The summed E-state index contributed by atoms with van der Waals surface area (Å²) >= 11 is 6.28. The maximum atomic E-state index is 13.1. The Morgan fingerprint density at radius 1 is 1.05 bits per heavy atom. The second kappa shape index (κ2) is 10.6. The summed E-state index contributed by atoms with van der Waals surface area (Å²) in [6, 6.07) is 17.6. The van der Waals surface area contributed by atoms with Gasteiger partial charge in [0.1, 0.15) is 17.1 Å². The van der Waals surface area contributed by atoms with Gasteiger partial charge in [0.2, 0.25) is 0 Å². The standard InChI is InChI=1S/C26H22ClN3O6S/c1-3-36-18-9-6-8-17(13-18)28-26(32)21-12-16-7-4-5-10-20(16)24(25(21)31)30-29-22-14-19(37(33,34)35)11-15(2)23(22)27/h4-14,31H,3H2,1-2H3,(H,28,32)(H,33,34,35). The van der Waals surface area contributed by atoms with Crippen LogP contribution in [0.2, 0.25) is 5.02 Å². The third-order valence-corrected chi connectivity index (χ3v) is 6.73. The number of anilines is 1. The molecule has 0 saturated carbocycles. The van der Waals surface area contributed by atoms with E-state index in [4.69, 9.17) is 16.3 Å². The van der Waals surface area contributed by atoms with Crippen LogP contribution in [0.15, 0.2) is 81.9 Å². The minimum absolute atomic E-state index is 0.0164. The Balaban J connectivity index is 1.79. The molecule has 0 unspecified atom stereocenters. The number of fused-ring (bicyclic) bond motifs is 1. The highest BCUT2D eigenvalue weighted by molar-refractivity contribution is 7.85. The van der Waals surface area contributed by atoms with Gasteiger partial charge in [0.25, 0.3) is 16.0 Å². The van der Waals surface area contributed by atoms with Gasteiger partial charge in [-0.05, 0) is 55.1 Å². The smallest absolute Gasteiger partial charge is 0.294 e. The lowest BCUT2D eigenvalue weighted by atomic mass is 10.0. The number of nitrogens with zero attached hydrogens (tertiary/aromatic N) is 2. The zero-order valence-corrected chi connectivity index (χ0v) is 21.3. The van der Waals surface area contributed by atoms with Crippen molar-refractivity contribution in [2.75, 3.05) is 11.9 Å². The lowest BCUT2D eigenvalue weighted by Crippen LogP contribution is -2.12. The quantitative estimate of drug-likeness (QED) is 0.174. The van der Waals surface area contributed by atoms with Gasteiger partial charge in [-0.2, -0.15) is 8.42 Å². The number of aromatic hydroxyl groups is 1. The van der Waals surface area contributed by atoms with Gasteiger partial charge in [0, 0.05) is 17.1 Å². The summed E-state index contributed by atoms with van der Waals surface area (Å²) in [5.41, 5.74) is 0.708. The Labute approximate surface area is 218 Å². The molecule has 11 heteroatoms. The Hall–Kier alpha value is -3.99. The SMILES string of the molecule is CCOc1cccc(NC(=O)c2cc3ccccc3c(N=Nc3cc(S(=O)(=O)O)cc(C)c3Cl)c2O)c1. The first-order valence-corrected chi connectivity index (χ1v) is 12.9. The average molecular weight is 540 g/mol. The number of carbonyl (C=O) groups is 1. The molecule has 4 aromatic rings. The maximum absolute atomic E-state index is 13.1. The van der Waals surface area contributed by atoms with Gasteiger partial charge in [0.15, 0.2) is 5.75 Å². The molecule has 4 rings (SSSR count). The van der Waals surface area contributed by atoms with Gasteiger partial charge in [0.05, 0.1) is 22.1 Å². The highest BCUT2D eigenvalue weighted by Crippen LogP contribution is 2.41. The number of ether oxygens (including phenoxy) is 1. The van der Waals surface area contributed by atoms with E-state index in [1.54, 1.807) is 55.5 Å². The van der Waals surface area contributed by atoms with E-state index in [9.17, 15) is 22.9 Å². The normalized spacial score (nSPS) is 11.7. The molecule has 1 amide bonds. The number of phenols is 1. The molecule has 0 aliphatic carbocycles. The number of azo groups is 1. The first-order valence-electron chi connectivity index (χ1n) is 11.1. The number of benzene rings is 4. The fourth-order valence-corrected chi connectivity index (χ4v) is 4.40. The highest BCUT2D eigenvalue weighted by atomic mass is 35.5. The van der Waals surface area contributed by atoms with E-state index < -0.39 is 26.7 Å². The van der Waals surface area contributed by atoms with Crippen LogP contribution in [-0.2, 0) is 10.1 Å². The van der Waals surface area contributed by atoms with Crippen molar-refractivity contribution in [1.82, 2.24) is 0 Å². The van der Waals surface area contributed by atoms with Crippen LogP contribution in [0.25, 0.3) is 10.8 Å². The van der Waals surface area contributed by atoms with Crippen molar-refractivity contribution in [2.45, 2.75) is 18.7 Å². The fraction of sp³-hybridized carbons (Fsp3) is 0.115. The maximum Gasteiger partial charge on any atom is 0.294 e. The fourth-order valence-electron chi connectivity index (χ4n) is 3.66. The third-order valence-electron chi connectivity index (χ3n) is 5.41. The average Bonchev–Trinajstić information content (AvgIpc) is 2.85. The van der Waals surface area contributed by atoms with Crippen molar-refractivity contribution in [3.05, 3.63) is 82.9 Å². The molecule has 0 aliphatic rings. The van der Waals surface area contributed by atoms with E-state index in [1.807, 2.05) is 6.92 Å². The van der Waals surface area contributed by atoms with Crippen LogP contribution < -0.4 is 10.1 Å². The summed E-state index contributed by atoms with van der Waals surface area (Å²) in [7, 11) is -4.52. The predicted molar refractivity (Wildman–Crippen MR) is 141 cm³/mol. The number of carbonyl (C=O) groups excluding carboxylic acids is 1. The van der Waals surface area contributed by atoms with Gasteiger partial charge >= 0.3 is 0 Å². The second-order valence-electron chi connectivity index (χ2n) is 8.01. The van der Waals surface area contributed by atoms with Crippen molar-refractivity contribution in [1.29, 1.82) is 0 Å². The number of rotatable bonds is 7. The summed E-state index contributed by atoms with van der Waals surface area (Å²) in [4.78, 5) is 12.7. The Morgan fingerprint density at radius 2 is 1.81 bits per heavy atom. The molecule has 0 aromatic heterocycles. The van der Waals surface area contributed by atoms with E-state index >= 15 is 0 Å². The summed E-state index contributed by atoms with van der Waals surface area (Å²) in [6.07, 6.45) is 0. The molecule has 4 aromatic carbocycles. The number of halogens is 1. The molecular formula is C26H22ClN3O6S. The molecule has 0 spiro atoms. The summed E-state index contributed by atoms with van der Waals surface area (Å²) in [5, 5.41) is 23.2. The number of phenolic OH excluding ortho intramolecular Hbond substituents is 1. The molecule has 37 heavy (non-hydrogen) atoms. The van der Waals surface area contributed by atoms with E-state index in [0.29, 0.717) is 34.4 Å². The van der Waals surface area contributed by atoms with E-state index in [1.165, 1.54) is 12.1 Å². The molecule has 0 fully saturated rings. The minimum atomic E-state index is -4.52. The van der Waals surface area contributed by atoms with E-state index in [-0.39, 0.29) is 22.0 Å². The molecule has 190 valence electrons. The van der Waals surface area contributed by atoms with Crippen LogP contribution in [0.4, 0.5) is 17.1 Å². The van der Waals surface area contributed by atoms with Crippen LogP contribution in [0.3, 0.4) is 0 Å². The largest absolute Gasteiger partial charge is 0.505 e. The highest BCUT2D eigenvalue weighted by Gasteiger charge is 2.20. The monoisotopic (exact) mass is 539 g/mol. The predicted octanol–water partition coefficient (Wildman–Crippen LogP) is 6.82. The molecule has 0 radical (unpaired) electrons. The third kappa shape index (κ3) is 5.72. The Kier molecular flexibility index (Phi) is 7.44. The molecule has 3 N–H and O–H groups in total. The topological polar surface area (TPSA) is 138 Å². The van der Waals surface area contributed by atoms with Gasteiger partial charge in [-0.3, -0.25) is 9.35 Å². The molecule has 9 nitrogen and oxygen atoms in total. The number of aryl methyl sites for hydroxylation is 1. The van der Waals surface area contributed by atoms with Gasteiger partial charge < -0.3 is 15.2 Å². The zero-order chi connectivity index (χ0) is 26.7.